The molecule has 2 aliphatic heterocycles. The van der Waals surface area contributed by atoms with Crippen LogP contribution in [0.5, 0.6) is 0 Å². The van der Waals surface area contributed by atoms with E-state index in [9.17, 15) is 19.2 Å². The Morgan fingerprint density at radius 3 is 2.57 bits per heavy atom. The van der Waals surface area contributed by atoms with Crippen LogP contribution >= 0.6 is 11.6 Å². The lowest BCUT2D eigenvalue weighted by Gasteiger charge is -2.35. The van der Waals surface area contributed by atoms with Gasteiger partial charge in [0.1, 0.15) is 0 Å². The van der Waals surface area contributed by atoms with E-state index in [1.165, 1.54) is 18.2 Å². The number of halogens is 1. The average molecular weight is 309 g/mol. The Labute approximate surface area is 123 Å². The molecule has 1 saturated heterocycles. The smallest absolute Gasteiger partial charge is 0.285 e. The number of hydroxylamine groups is 2. The second kappa shape index (κ2) is 4.37. The monoisotopic (exact) mass is 308 g/mol. The number of imide groups is 2. The number of benzene rings is 1. The molecule has 2 aliphatic rings. The molecule has 1 unspecified atom stereocenters. The molecule has 1 fully saturated rings. The molecule has 4 amide bonds. The van der Waals surface area contributed by atoms with Gasteiger partial charge in [0.15, 0.2) is 5.41 Å². The van der Waals surface area contributed by atoms with Crippen molar-refractivity contribution < 1.29 is 24.0 Å². The third-order valence-electron chi connectivity index (χ3n) is 3.65. The lowest BCUT2D eigenvalue weighted by atomic mass is 9.73. The van der Waals surface area contributed by atoms with Gasteiger partial charge in [-0.3, -0.25) is 29.3 Å². The molecule has 1 spiro atoms. The van der Waals surface area contributed by atoms with Gasteiger partial charge >= 0.3 is 0 Å². The Morgan fingerprint density at radius 1 is 1.29 bits per heavy atom. The van der Waals surface area contributed by atoms with Gasteiger partial charge in [-0.2, -0.15) is 0 Å². The highest BCUT2D eigenvalue weighted by atomic mass is 35.5. The fourth-order valence-electron chi connectivity index (χ4n) is 2.70. The molecule has 0 aliphatic carbocycles. The van der Waals surface area contributed by atoms with Crippen LogP contribution in [0.3, 0.4) is 0 Å². The van der Waals surface area contributed by atoms with Gasteiger partial charge in [-0.25, -0.2) is 0 Å². The Bertz CT molecular complexity index is 717. The van der Waals surface area contributed by atoms with Gasteiger partial charge in [-0.1, -0.05) is 11.6 Å². The minimum Gasteiger partial charge on any atom is -0.295 e. The zero-order valence-electron chi connectivity index (χ0n) is 10.8. The van der Waals surface area contributed by atoms with Crippen molar-refractivity contribution in [1.82, 2.24) is 10.4 Å². The first-order valence-corrected chi connectivity index (χ1v) is 6.37. The molecular formula is C13H9ClN2O5. The minimum atomic E-state index is -1.80. The molecule has 0 bridgehead atoms. The van der Waals surface area contributed by atoms with Crippen LogP contribution < -0.4 is 5.32 Å². The number of amides is 4. The Hall–Kier alpha value is -2.25. The first kappa shape index (κ1) is 13.7. The summed E-state index contributed by atoms with van der Waals surface area (Å²) in [5, 5.41) is 2.84. The van der Waals surface area contributed by atoms with Crippen molar-refractivity contribution >= 4 is 35.2 Å². The van der Waals surface area contributed by atoms with Crippen LogP contribution in [0.15, 0.2) is 18.2 Å². The summed E-state index contributed by atoms with van der Waals surface area (Å²) in [6.07, 6.45) is -0.384. The summed E-state index contributed by atoms with van der Waals surface area (Å²) >= 11 is 5.90. The molecule has 0 aromatic heterocycles. The highest BCUT2D eigenvalue weighted by molar-refractivity contribution is 6.32. The highest BCUT2D eigenvalue weighted by Crippen LogP contribution is 2.41. The fourth-order valence-corrected chi connectivity index (χ4v) is 2.87. The molecule has 0 radical (unpaired) electrons. The normalized spacial score (nSPS) is 24.6. The van der Waals surface area contributed by atoms with Gasteiger partial charge in [0.25, 0.3) is 11.8 Å². The van der Waals surface area contributed by atoms with E-state index in [0.29, 0.717) is 5.06 Å². The first-order valence-electron chi connectivity index (χ1n) is 5.99. The molecule has 21 heavy (non-hydrogen) atoms. The summed E-state index contributed by atoms with van der Waals surface area (Å²) in [4.78, 5) is 53.4. The van der Waals surface area contributed by atoms with Crippen molar-refractivity contribution in [3.63, 3.8) is 0 Å². The van der Waals surface area contributed by atoms with Crippen molar-refractivity contribution in [3.8, 4) is 0 Å². The van der Waals surface area contributed by atoms with Gasteiger partial charge in [-0.15, -0.1) is 5.06 Å². The second-order valence-electron chi connectivity index (χ2n) is 4.74. The molecule has 1 N–H and O–H groups in total. The Balaban J connectivity index is 2.34. The molecule has 1 aromatic rings. The van der Waals surface area contributed by atoms with Crippen LogP contribution in [0, 0.1) is 0 Å². The van der Waals surface area contributed by atoms with E-state index in [1.54, 1.807) is 0 Å². The number of hydrogen-bond donors (Lipinski definition) is 1. The van der Waals surface area contributed by atoms with Gasteiger partial charge < -0.3 is 0 Å². The van der Waals surface area contributed by atoms with Gasteiger partial charge in [-0.05, 0) is 23.8 Å². The Morgan fingerprint density at radius 2 is 2.00 bits per heavy atom. The van der Waals surface area contributed by atoms with E-state index >= 15 is 0 Å². The van der Waals surface area contributed by atoms with Crippen LogP contribution in [-0.4, -0.2) is 35.8 Å². The molecule has 0 saturated carbocycles. The standard InChI is InChI=1S/C13H9ClN2O5/c1-21-16-10(18)7-3-2-6(14)4-8(7)13(12(16)20)5-9(17)15-11(13)19/h2-4H,5H2,1H3,(H,15,17,19). The molecule has 7 nitrogen and oxygen atoms in total. The van der Waals surface area contributed by atoms with E-state index in [2.05, 4.69) is 5.32 Å². The second-order valence-corrected chi connectivity index (χ2v) is 5.17. The largest absolute Gasteiger partial charge is 0.295 e. The number of carbonyl (C=O) groups is 4. The molecule has 2 heterocycles. The first-order chi connectivity index (χ1) is 9.91. The van der Waals surface area contributed by atoms with Crippen LogP contribution in [-0.2, 0) is 24.6 Å². The number of fused-ring (bicyclic) bond motifs is 2. The average Bonchev–Trinajstić information content (AvgIpc) is 2.73. The van der Waals surface area contributed by atoms with Crippen molar-refractivity contribution in [2.45, 2.75) is 11.8 Å². The van der Waals surface area contributed by atoms with E-state index in [1.807, 2.05) is 0 Å². The van der Waals surface area contributed by atoms with E-state index in [-0.39, 0.29) is 22.6 Å². The number of nitrogens with zero attached hydrogens (tertiary/aromatic N) is 1. The quantitative estimate of drug-likeness (QED) is 0.589. The van der Waals surface area contributed by atoms with E-state index < -0.39 is 29.0 Å². The topological polar surface area (TPSA) is 92.8 Å². The number of hydrogen-bond acceptors (Lipinski definition) is 5. The zero-order valence-corrected chi connectivity index (χ0v) is 11.6. The predicted octanol–water partition coefficient (Wildman–Crippen LogP) is 0.168. The maximum absolute atomic E-state index is 12.5. The third-order valence-corrected chi connectivity index (χ3v) is 3.89. The predicted molar refractivity (Wildman–Crippen MR) is 69.1 cm³/mol. The minimum absolute atomic E-state index is 0.103. The summed E-state index contributed by atoms with van der Waals surface area (Å²) in [5.74, 6) is -2.97. The summed E-state index contributed by atoms with van der Waals surface area (Å²) in [7, 11) is 1.14. The van der Waals surface area contributed by atoms with Crippen molar-refractivity contribution in [1.29, 1.82) is 0 Å². The Kier molecular flexibility index (Phi) is 2.86. The third kappa shape index (κ3) is 1.64. The molecule has 108 valence electrons. The summed E-state index contributed by atoms with van der Waals surface area (Å²) in [5.41, 5.74) is -1.58. The highest BCUT2D eigenvalue weighted by Gasteiger charge is 2.61. The lowest BCUT2D eigenvalue weighted by Crippen LogP contribution is -2.57. The maximum Gasteiger partial charge on any atom is 0.285 e. The van der Waals surface area contributed by atoms with E-state index in [0.717, 1.165) is 7.11 Å². The van der Waals surface area contributed by atoms with Crippen LogP contribution in [0.4, 0.5) is 0 Å². The van der Waals surface area contributed by atoms with Crippen LogP contribution in [0.2, 0.25) is 5.02 Å². The summed E-state index contributed by atoms with van der Waals surface area (Å²) in [6.45, 7) is 0. The molecule has 8 heteroatoms. The molecule has 1 atom stereocenters. The molecular weight excluding hydrogens is 300 g/mol. The maximum atomic E-state index is 12.5. The van der Waals surface area contributed by atoms with Crippen molar-refractivity contribution in [2.24, 2.45) is 0 Å². The lowest BCUT2D eigenvalue weighted by molar-refractivity contribution is -0.171. The summed E-state index contributed by atoms with van der Waals surface area (Å²) in [6, 6.07) is 4.22. The molecule has 3 rings (SSSR count). The van der Waals surface area contributed by atoms with Crippen molar-refractivity contribution in [3.05, 3.63) is 34.3 Å². The van der Waals surface area contributed by atoms with Crippen LogP contribution in [0.25, 0.3) is 0 Å². The number of nitrogens with one attached hydrogen (secondary N) is 1. The number of rotatable bonds is 1. The van der Waals surface area contributed by atoms with Gasteiger partial charge in [0.05, 0.1) is 13.5 Å². The fraction of sp³-hybridized carbons (Fsp3) is 0.231. The molecule has 1 aromatic carbocycles. The van der Waals surface area contributed by atoms with Crippen LogP contribution in [0.1, 0.15) is 22.3 Å². The van der Waals surface area contributed by atoms with E-state index in [4.69, 9.17) is 16.4 Å². The zero-order chi connectivity index (χ0) is 15.4. The van der Waals surface area contributed by atoms with Gasteiger partial charge in [0.2, 0.25) is 11.8 Å². The number of carbonyl (C=O) groups excluding carboxylic acids is 4. The SMILES string of the molecule is CON1C(=O)c2ccc(Cl)cc2C2(CC(=O)NC2=O)C1=O. The summed E-state index contributed by atoms with van der Waals surface area (Å²) < 4.78 is 0. The van der Waals surface area contributed by atoms with Crippen molar-refractivity contribution in [2.75, 3.05) is 7.11 Å². The van der Waals surface area contributed by atoms with Gasteiger partial charge in [0, 0.05) is 10.6 Å².